The van der Waals surface area contributed by atoms with Crippen LogP contribution in [-0.2, 0) is 7.05 Å². The number of rotatable bonds is 1. The summed E-state index contributed by atoms with van der Waals surface area (Å²) >= 11 is 0. The SMILES string of the molecule is Cc1ccccc1-n1c2ccccc2c[n+]1C. The van der Waals surface area contributed by atoms with E-state index in [0.717, 1.165) is 0 Å². The van der Waals surface area contributed by atoms with E-state index in [4.69, 9.17) is 0 Å². The Kier molecular flexibility index (Phi) is 2.22. The van der Waals surface area contributed by atoms with Gasteiger partial charge in [0.15, 0.2) is 7.05 Å². The standard InChI is InChI=1S/C15H15N2/c1-12-7-3-5-9-14(12)17-15-10-6-4-8-13(15)11-16(17)2/h3-11H,1-2H3/q+1. The number of aromatic nitrogens is 2. The molecule has 0 aliphatic rings. The highest BCUT2D eigenvalue weighted by molar-refractivity contribution is 5.79. The van der Waals surface area contributed by atoms with E-state index in [1.807, 2.05) is 0 Å². The van der Waals surface area contributed by atoms with E-state index < -0.39 is 0 Å². The number of aryl methyl sites for hydroxylation is 2. The lowest BCUT2D eigenvalue weighted by Crippen LogP contribution is -2.37. The average molecular weight is 223 g/mol. The fraction of sp³-hybridized carbons (Fsp3) is 0.133. The molecule has 3 aromatic rings. The molecule has 0 spiro atoms. The van der Waals surface area contributed by atoms with Crippen LogP contribution in [0.4, 0.5) is 0 Å². The van der Waals surface area contributed by atoms with Crippen LogP contribution in [0.2, 0.25) is 0 Å². The molecule has 1 heterocycles. The highest BCUT2D eigenvalue weighted by atomic mass is 15.4. The van der Waals surface area contributed by atoms with Gasteiger partial charge in [-0.25, -0.2) is 0 Å². The Hall–Kier alpha value is -2.09. The summed E-state index contributed by atoms with van der Waals surface area (Å²) in [6, 6.07) is 16.9. The van der Waals surface area contributed by atoms with Gasteiger partial charge in [-0.1, -0.05) is 30.3 Å². The van der Waals surface area contributed by atoms with Crippen LogP contribution in [-0.4, -0.2) is 4.68 Å². The zero-order valence-corrected chi connectivity index (χ0v) is 10.1. The summed E-state index contributed by atoms with van der Waals surface area (Å²) in [6.07, 6.45) is 2.15. The van der Waals surface area contributed by atoms with Gasteiger partial charge in [0.25, 0.3) is 0 Å². The molecule has 17 heavy (non-hydrogen) atoms. The van der Waals surface area contributed by atoms with Crippen LogP contribution >= 0.6 is 0 Å². The third-order valence-corrected chi connectivity index (χ3v) is 3.15. The van der Waals surface area contributed by atoms with Gasteiger partial charge in [0, 0.05) is 0 Å². The van der Waals surface area contributed by atoms with E-state index in [1.165, 1.54) is 22.2 Å². The first-order chi connectivity index (χ1) is 8.27. The van der Waals surface area contributed by atoms with Crippen molar-refractivity contribution in [3.05, 3.63) is 60.3 Å². The minimum absolute atomic E-state index is 1.23. The first-order valence-electron chi connectivity index (χ1n) is 5.80. The highest BCUT2D eigenvalue weighted by Crippen LogP contribution is 2.18. The molecular weight excluding hydrogens is 208 g/mol. The lowest BCUT2D eigenvalue weighted by molar-refractivity contribution is -0.741. The Balaban J connectivity index is 2.38. The van der Waals surface area contributed by atoms with Crippen molar-refractivity contribution < 1.29 is 4.68 Å². The van der Waals surface area contributed by atoms with E-state index in [0.29, 0.717) is 0 Å². The van der Waals surface area contributed by atoms with Crippen LogP contribution < -0.4 is 4.68 Å². The quantitative estimate of drug-likeness (QED) is 0.561. The molecule has 2 aromatic carbocycles. The fourth-order valence-electron chi connectivity index (χ4n) is 2.32. The van der Waals surface area contributed by atoms with Crippen molar-refractivity contribution in [2.24, 2.45) is 7.05 Å². The van der Waals surface area contributed by atoms with Crippen LogP contribution in [0.15, 0.2) is 54.7 Å². The van der Waals surface area contributed by atoms with Gasteiger partial charge in [0.2, 0.25) is 6.20 Å². The largest absolute Gasteiger partial charge is 0.203 e. The zero-order valence-electron chi connectivity index (χ0n) is 10.1. The summed E-state index contributed by atoms with van der Waals surface area (Å²) in [4.78, 5) is 0. The number of fused-ring (bicyclic) bond motifs is 1. The monoisotopic (exact) mass is 223 g/mol. The third-order valence-electron chi connectivity index (χ3n) is 3.15. The van der Waals surface area contributed by atoms with Gasteiger partial charge in [-0.3, -0.25) is 0 Å². The molecule has 0 atom stereocenters. The Bertz CT molecular complexity index is 680. The van der Waals surface area contributed by atoms with Crippen molar-refractivity contribution in [2.45, 2.75) is 6.92 Å². The molecule has 2 heteroatoms. The Morgan fingerprint density at radius 3 is 2.47 bits per heavy atom. The van der Waals surface area contributed by atoms with Gasteiger partial charge < -0.3 is 0 Å². The molecule has 1 aromatic heterocycles. The second-order valence-corrected chi connectivity index (χ2v) is 4.36. The fourth-order valence-corrected chi connectivity index (χ4v) is 2.32. The third kappa shape index (κ3) is 1.53. The van der Waals surface area contributed by atoms with Gasteiger partial charge in [-0.2, -0.15) is 0 Å². The van der Waals surface area contributed by atoms with E-state index in [2.05, 4.69) is 78.1 Å². The Morgan fingerprint density at radius 1 is 0.941 bits per heavy atom. The van der Waals surface area contributed by atoms with Crippen molar-refractivity contribution in [3.8, 4) is 5.69 Å². The van der Waals surface area contributed by atoms with Crippen molar-refractivity contribution in [3.63, 3.8) is 0 Å². The van der Waals surface area contributed by atoms with E-state index >= 15 is 0 Å². The molecule has 3 rings (SSSR count). The predicted octanol–water partition coefficient (Wildman–Crippen LogP) is 2.76. The predicted molar refractivity (Wildman–Crippen MR) is 69.2 cm³/mol. The molecule has 0 aliphatic carbocycles. The minimum atomic E-state index is 1.23. The summed E-state index contributed by atoms with van der Waals surface area (Å²) in [5.74, 6) is 0. The van der Waals surface area contributed by atoms with Crippen molar-refractivity contribution in [1.29, 1.82) is 0 Å². The molecule has 0 bridgehead atoms. The molecule has 0 saturated carbocycles. The normalized spacial score (nSPS) is 10.9. The molecule has 2 nitrogen and oxygen atoms in total. The topological polar surface area (TPSA) is 8.81 Å². The summed E-state index contributed by atoms with van der Waals surface area (Å²) in [6.45, 7) is 2.14. The maximum absolute atomic E-state index is 2.24. The van der Waals surface area contributed by atoms with Crippen molar-refractivity contribution >= 4 is 10.9 Å². The molecule has 0 radical (unpaired) electrons. The van der Waals surface area contributed by atoms with Crippen LogP contribution in [0, 0.1) is 6.92 Å². The molecular formula is C15H15N2+. The Morgan fingerprint density at radius 2 is 1.65 bits per heavy atom. The van der Waals surface area contributed by atoms with Crippen molar-refractivity contribution in [2.75, 3.05) is 0 Å². The van der Waals surface area contributed by atoms with Gasteiger partial charge in [0.1, 0.15) is 11.2 Å². The first-order valence-corrected chi connectivity index (χ1v) is 5.80. The molecule has 0 fully saturated rings. The van der Waals surface area contributed by atoms with E-state index in [1.54, 1.807) is 0 Å². The second-order valence-electron chi connectivity index (χ2n) is 4.36. The maximum Gasteiger partial charge on any atom is 0.203 e. The summed E-state index contributed by atoms with van der Waals surface area (Å²) in [7, 11) is 2.08. The smallest absolute Gasteiger partial charge is 0.120 e. The second kappa shape index (κ2) is 3.74. The maximum atomic E-state index is 2.24. The molecule has 0 aliphatic heterocycles. The molecule has 0 amide bonds. The van der Waals surface area contributed by atoms with E-state index in [9.17, 15) is 0 Å². The van der Waals surface area contributed by atoms with E-state index in [-0.39, 0.29) is 0 Å². The molecule has 0 N–H and O–H groups in total. The van der Waals surface area contributed by atoms with Gasteiger partial charge in [-0.15, -0.1) is 9.36 Å². The number of benzene rings is 2. The van der Waals surface area contributed by atoms with Crippen LogP contribution in [0.3, 0.4) is 0 Å². The number of nitrogens with zero attached hydrogens (tertiary/aromatic N) is 2. The average Bonchev–Trinajstić information content (AvgIpc) is 2.66. The molecule has 0 saturated heterocycles. The van der Waals surface area contributed by atoms with Crippen LogP contribution in [0.5, 0.6) is 0 Å². The summed E-state index contributed by atoms with van der Waals surface area (Å²) in [5.41, 5.74) is 3.75. The minimum Gasteiger partial charge on any atom is -0.120 e. The summed E-state index contributed by atoms with van der Waals surface area (Å²) in [5, 5.41) is 1.26. The zero-order chi connectivity index (χ0) is 11.8. The number of hydrogen-bond donors (Lipinski definition) is 0. The van der Waals surface area contributed by atoms with Gasteiger partial charge in [0.05, 0.1) is 5.39 Å². The number of hydrogen-bond acceptors (Lipinski definition) is 0. The molecule has 0 unspecified atom stereocenters. The van der Waals surface area contributed by atoms with Crippen molar-refractivity contribution in [1.82, 2.24) is 4.68 Å². The first kappa shape index (κ1) is 10.1. The molecule has 84 valence electrons. The van der Waals surface area contributed by atoms with Crippen LogP contribution in [0.1, 0.15) is 5.56 Å². The lowest BCUT2D eigenvalue weighted by Gasteiger charge is -2.05. The van der Waals surface area contributed by atoms with Gasteiger partial charge in [-0.05, 0) is 30.7 Å². The highest BCUT2D eigenvalue weighted by Gasteiger charge is 2.14. The van der Waals surface area contributed by atoms with Gasteiger partial charge >= 0.3 is 0 Å². The van der Waals surface area contributed by atoms with Crippen LogP contribution in [0.25, 0.3) is 16.6 Å². The Labute approximate surface area is 101 Å². The summed E-state index contributed by atoms with van der Waals surface area (Å²) < 4.78 is 4.37. The number of para-hydroxylation sites is 2. The lowest BCUT2D eigenvalue weighted by atomic mass is 10.2.